The monoisotopic (exact) mass is 310 g/mol. The van der Waals surface area contributed by atoms with E-state index < -0.39 is 0 Å². The van der Waals surface area contributed by atoms with Crippen molar-refractivity contribution in [1.29, 1.82) is 0 Å². The van der Waals surface area contributed by atoms with Crippen LogP contribution in [0.1, 0.15) is 38.2 Å². The summed E-state index contributed by atoms with van der Waals surface area (Å²) in [5.41, 5.74) is 2.81. The van der Waals surface area contributed by atoms with E-state index in [2.05, 4.69) is 51.3 Å². The van der Waals surface area contributed by atoms with Crippen LogP contribution in [0.5, 0.6) is 0 Å². The molecule has 3 heteroatoms. The van der Waals surface area contributed by atoms with E-state index in [0.29, 0.717) is 0 Å². The smallest absolute Gasteiger partial charge is 0.0415 e. The predicted octanol–water partition coefficient (Wildman–Crippen LogP) is 3.94. The summed E-state index contributed by atoms with van der Waals surface area (Å²) in [5, 5.41) is 3.28. The van der Waals surface area contributed by atoms with Crippen LogP contribution in [0.4, 0.5) is 5.69 Å². The average Bonchev–Trinajstić information content (AvgIpc) is 2.39. The number of nitrogens with one attached hydrogen (secondary N) is 1. The van der Waals surface area contributed by atoms with Crippen LogP contribution < -0.4 is 10.2 Å². The SMILES string of the molecule is CCC1CCCCN1c1ccc(Br)cc1CNC. The fraction of sp³-hybridized carbons (Fsp3) is 0.600. The normalized spacial score (nSPS) is 20.2. The third kappa shape index (κ3) is 3.07. The molecular weight excluding hydrogens is 288 g/mol. The lowest BCUT2D eigenvalue weighted by Gasteiger charge is -2.38. The number of piperidine rings is 1. The minimum Gasteiger partial charge on any atom is -0.368 e. The van der Waals surface area contributed by atoms with Crippen molar-refractivity contribution in [1.82, 2.24) is 5.32 Å². The Labute approximate surface area is 119 Å². The van der Waals surface area contributed by atoms with E-state index in [1.165, 1.54) is 48.0 Å². The Kier molecular flexibility index (Phi) is 5.07. The van der Waals surface area contributed by atoms with Gasteiger partial charge in [0.1, 0.15) is 0 Å². The van der Waals surface area contributed by atoms with Gasteiger partial charge >= 0.3 is 0 Å². The first-order chi connectivity index (χ1) is 8.76. The maximum absolute atomic E-state index is 3.58. The third-order valence-electron chi connectivity index (χ3n) is 3.82. The van der Waals surface area contributed by atoms with E-state index >= 15 is 0 Å². The molecule has 1 saturated heterocycles. The zero-order chi connectivity index (χ0) is 13.0. The van der Waals surface area contributed by atoms with E-state index in [0.717, 1.165) is 12.6 Å². The molecule has 0 radical (unpaired) electrons. The standard InChI is InChI=1S/C15H23BrN2/c1-3-14-6-4-5-9-18(14)15-8-7-13(16)10-12(15)11-17-2/h7-8,10,14,17H,3-6,9,11H2,1-2H3. The molecule has 2 nitrogen and oxygen atoms in total. The number of nitrogens with zero attached hydrogens (tertiary/aromatic N) is 1. The first kappa shape index (κ1) is 13.9. The highest BCUT2D eigenvalue weighted by Crippen LogP contribution is 2.31. The van der Waals surface area contributed by atoms with Gasteiger partial charge < -0.3 is 10.2 Å². The molecule has 1 atom stereocenters. The lowest BCUT2D eigenvalue weighted by molar-refractivity contribution is 0.449. The van der Waals surface area contributed by atoms with Crippen molar-refractivity contribution in [3.05, 3.63) is 28.2 Å². The van der Waals surface area contributed by atoms with Crippen LogP contribution in [0.15, 0.2) is 22.7 Å². The molecule has 0 saturated carbocycles. The number of anilines is 1. The Morgan fingerprint density at radius 1 is 1.39 bits per heavy atom. The summed E-state index contributed by atoms with van der Waals surface area (Å²) in [4.78, 5) is 2.61. The zero-order valence-corrected chi connectivity index (χ0v) is 13.0. The van der Waals surface area contributed by atoms with Gasteiger partial charge in [0.05, 0.1) is 0 Å². The Balaban J connectivity index is 2.29. The molecule has 0 aliphatic carbocycles. The highest BCUT2D eigenvalue weighted by molar-refractivity contribution is 9.10. The molecule has 1 aliphatic heterocycles. The minimum atomic E-state index is 0.718. The number of hydrogen-bond donors (Lipinski definition) is 1. The molecule has 2 rings (SSSR count). The van der Waals surface area contributed by atoms with Crippen LogP contribution in [0.2, 0.25) is 0 Å². The van der Waals surface area contributed by atoms with Gasteiger partial charge in [-0.3, -0.25) is 0 Å². The molecule has 0 amide bonds. The zero-order valence-electron chi connectivity index (χ0n) is 11.4. The van der Waals surface area contributed by atoms with E-state index in [4.69, 9.17) is 0 Å². The van der Waals surface area contributed by atoms with Crippen molar-refractivity contribution >= 4 is 21.6 Å². The largest absolute Gasteiger partial charge is 0.368 e. The van der Waals surface area contributed by atoms with Gasteiger partial charge in [0.25, 0.3) is 0 Å². The van der Waals surface area contributed by atoms with Crippen molar-refractivity contribution in [2.75, 3.05) is 18.5 Å². The number of halogens is 1. The van der Waals surface area contributed by atoms with Crippen LogP contribution in [0.3, 0.4) is 0 Å². The van der Waals surface area contributed by atoms with Crippen LogP contribution in [-0.4, -0.2) is 19.6 Å². The van der Waals surface area contributed by atoms with Crippen LogP contribution >= 0.6 is 15.9 Å². The molecule has 1 fully saturated rings. The second kappa shape index (κ2) is 6.58. The maximum atomic E-state index is 3.58. The van der Waals surface area contributed by atoms with Gasteiger partial charge in [-0.1, -0.05) is 22.9 Å². The second-order valence-electron chi connectivity index (χ2n) is 5.05. The fourth-order valence-electron chi connectivity index (χ4n) is 2.91. The first-order valence-corrected chi connectivity index (χ1v) is 7.75. The lowest BCUT2D eigenvalue weighted by atomic mass is 9.98. The molecule has 1 N–H and O–H groups in total. The average molecular weight is 311 g/mol. The van der Waals surface area contributed by atoms with Gasteiger partial charge in [0, 0.05) is 29.3 Å². The lowest BCUT2D eigenvalue weighted by Crippen LogP contribution is -2.39. The Hall–Kier alpha value is -0.540. The van der Waals surface area contributed by atoms with Crippen molar-refractivity contribution in [3.63, 3.8) is 0 Å². The molecule has 1 aliphatic rings. The first-order valence-electron chi connectivity index (χ1n) is 6.96. The number of benzene rings is 1. The molecule has 1 aromatic carbocycles. The van der Waals surface area contributed by atoms with Gasteiger partial charge in [0.2, 0.25) is 0 Å². The van der Waals surface area contributed by atoms with Crippen molar-refractivity contribution in [3.8, 4) is 0 Å². The van der Waals surface area contributed by atoms with E-state index in [9.17, 15) is 0 Å². The molecule has 0 spiro atoms. The van der Waals surface area contributed by atoms with Gasteiger partial charge in [0.15, 0.2) is 0 Å². The summed E-state index contributed by atoms with van der Waals surface area (Å²) < 4.78 is 1.17. The summed E-state index contributed by atoms with van der Waals surface area (Å²) >= 11 is 3.58. The predicted molar refractivity (Wildman–Crippen MR) is 82.2 cm³/mol. The minimum absolute atomic E-state index is 0.718. The topological polar surface area (TPSA) is 15.3 Å². The maximum Gasteiger partial charge on any atom is 0.0415 e. The second-order valence-corrected chi connectivity index (χ2v) is 5.97. The van der Waals surface area contributed by atoms with Crippen molar-refractivity contribution < 1.29 is 0 Å². The van der Waals surface area contributed by atoms with E-state index in [-0.39, 0.29) is 0 Å². The van der Waals surface area contributed by atoms with E-state index in [1.54, 1.807) is 0 Å². The van der Waals surface area contributed by atoms with Crippen molar-refractivity contribution in [2.24, 2.45) is 0 Å². The van der Waals surface area contributed by atoms with Crippen molar-refractivity contribution in [2.45, 2.75) is 45.2 Å². The summed E-state index contributed by atoms with van der Waals surface area (Å²) in [6, 6.07) is 7.39. The van der Waals surface area contributed by atoms with E-state index in [1.807, 2.05) is 7.05 Å². The van der Waals surface area contributed by atoms with Gasteiger partial charge in [-0.2, -0.15) is 0 Å². The summed E-state index contributed by atoms with van der Waals surface area (Å²) in [6.07, 6.45) is 5.29. The number of hydrogen-bond acceptors (Lipinski definition) is 2. The van der Waals surface area contributed by atoms with Crippen LogP contribution in [0, 0.1) is 0 Å². The Morgan fingerprint density at radius 3 is 2.94 bits per heavy atom. The van der Waals surface area contributed by atoms with Crippen LogP contribution in [-0.2, 0) is 6.54 Å². The van der Waals surface area contributed by atoms with Gasteiger partial charge in [-0.15, -0.1) is 0 Å². The molecular formula is C15H23BrN2. The fourth-order valence-corrected chi connectivity index (χ4v) is 3.32. The third-order valence-corrected chi connectivity index (χ3v) is 4.31. The number of rotatable bonds is 4. The molecule has 1 heterocycles. The molecule has 0 bridgehead atoms. The van der Waals surface area contributed by atoms with Gasteiger partial charge in [-0.05, 0) is 56.5 Å². The molecule has 100 valence electrons. The highest BCUT2D eigenvalue weighted by Gasteiger charge is 2.22. The quantitative estimate of drug-likeness (QED) is 0.906. The molecule has 0 aromatic heterocycles. The van der Waals surface area contributed by atoms with Gasteiger partial charge in [-0.25, -0.2) is 0 Å². The Bertz CT molecular complexity index is 392. The Morgan fingerprint density at radius 2 is 2.22 bits per heavy atom. The molecule has 18 heavy (non-hydrogen) atoms. The summed E-state index contributed by atoms with van der Waals surface area (Å²) in [5.74, 6) is 0. The van der Waals surface area contributed by atoms with Crippen LogP contribution in [0.25, 0.3) is 0 Å². The summed E-state index contributed by atoms with van der Waals surface area (Å²) in [7, 11) is 2.01. The highest BCUT2D eigenvalue weighted by atomic mass is 79.9. The molecule has 1 aromatic rings. The molecule has 1 unspecified atom stereocenters. The summed E-state index contributed by atoms with van der Waals surface area (Å²) in [6.45, 7) is 4.44.